The number of piperazine rings is 1. The number of benzene rings is 2. The van der Waals surface area contributed by atoms with Crippen LogP contribution >= 0.6 is 0 Å². The Labute approximate surface area is 146 Å². The summed E-state index contributed by atoms with van der Waals surface area (Å²) >= 11 is 0. The van der Waals surface area contributed by atoms with E-state index in [9.17, 15) is 14.3 Å². The van der Waals surface area contributed by atoms with Crippen LogP contribution < -0.4 is 15.1 Å². The van der Waals surface area contributed by atoms with Gasteiger partial charge >= 0.3 is 0 Å². The van der Waals surface area contributed by atoms with Crippen LogP contribution in [0.5, 0.6) is 5.75 Å². The highest BCUT2D eigenvalue weighted by molar-refractivity contribution is 5.91. The lowest BCUT2D eigenvalue weighted by atomic mass is 10.2. The molecule has 0 saturated carbocycles. The lowest BCUT2D eigenvalue weighted by molar-refractivity contribution is -0.892. The number of phenolic OH excluding ortho intramolecular Hbond substituents is 1. The normalized spacial score (nSPS) is 15.2. The van der Waals surface area contributed by atoms with Gasteiger partial charge in [-0.3, -0.25) is 4.79 Å². The third kappa shape index (κ3) is 4.28. The van der Waals surface area contributed by atoms with Gasteiger partial charge in [-0.15, -0.1) is 0 Å². The Morgan fingerprint density at radius 3 is 2.64 bits per heavy atom. The number of hydrogen-bond acceptors (Lipinski definition) is 3. The number of rotatable bonds is 4. The highest BCUT2D eigenvalue weighted by atomic mass is 19.1. The Kier molecular flexibility index (Phi) is 5.19. The van der Waals surface area contributed by atoms with Gasteiger partial charge in [0.1, 0.15) is 11.6 Å². The third-order valence-corrected chi connectivity index (χ3v) is 4.50. The smallest absolute Gasteiger partial charge is 0.279 e. The quantitative estimate of drug-likeness (QED) is 0.781. The molecule has 0 spiro atoms. The van der Waals surface area contributed by atoms with Crippen LogP contribution in [0.4, 0.5) is 15.8 Å². The Balaban J connectivity index is 1.52. The minimum Gasteiger partial charge on any atom is -0.506 e. The molecule has 0 unspecified atom stereocenters. The molecular formula is C19H23FN3O2+. The average molecular weight is 344 g/mol. The van der Waals surface area contributed by atoms with E-state index in [0.717, 1.165) is 42.3 Å². The number of nitrogens with one attached hydrogen (secondary N) is 2. The van der Waals surface area contributed by atoms with Gasteiger partial charge in [0.25, 0.3) is 5.91 Å². The molecule has 5 nitrogen and oxygen atoms in total. The van der Waals surface area contributed by atoms with E-state index in [0.29, 0.717) is 6.54 Å². The van der Waals surface area contributed by atoms with Gasteiger partial charge in [0.15, 0.2) is 6.54 Å². The maximum absolute atomic E-state index is 13.8. The van der Waals surface area contributed by atoms with E-state index in [4.69, 9.17) is 0 Å². The summed E-state index contributed by atoms with van der Waals surface area (Å²) in [4.78, 5) is 15.4. The predicted octanol–water partition coefficient (Wildman–Crippen LogP) is 1.18. The molecule has 0 atom stereocenters. The Morgan fingerprint density at radius 1 is 1.24 bits per heavy atom. The topological polar surface area (TPSA) is 57.0 Å². The molecular weight excluding hydrogens is 321 g/mol. The molecule has 2 aromatic rings. The van der Waals surface area contributed by atoms with Crippen LogP contribution in [0.15, 0.2) is 42.5 Å². The molecule has 0 aromatic heterocycles. The second-order valence-electron chi connectivity index (χ2n) is 6.43. The van der Waals surface area contributed by atoms with Crippen LogP contribution in [0.1, 0.15) is 5.56 Å². The zero-order chi connectivity index (χ0) is 17.8. The number of para-hydroxylation sites is 2. The molecule has 2 aromatic carbocycles. The standard InChI is InChI=1S/C19H22FN3O2/c1-14-6-7-16(15(20)12-14)21-19(25)13-22-8-10-23(11-9-22)17-4-2-3-5-18(17)24/h2-7,12,24H,8-11,13H2,1H3,(H,21,25)/p+1. The number of nitrogens with zero attached hydrogens (tertiary/aromatic N) is 1. The molecule has 1 fully saturated rings. The van der Waals surface area contributed by atoms with Crippen LogP contribution in [0, 0.1) is 12.7 Å². The van der Waals surface area contributed by atoms with Crippen molar-refractivity contribution in [3.8, 4) is 5.75 Å². The summed E-state index contributed by atoms with van der Waals surface area (Å²) in [5, 5.41) is 12.6. The first-order chi connectivity index (χ1) is 12.0. The van der Waals surface area contributed by atoms with E-state index in [-0.39, 0.29) is 17.3 Å². The van der Waals surface area contributed by atoms with Crippen molar-refractivity contribution in [2.45, 2.75) is 6.92 Å². The lowest BCUT2D eigenvalue weighted by Gasteiger charge is -2.33. The molecule has 1 aliphatic rings. The van der Waals surface area contributed by atoms with Crippen LogP contribution in [0.3, 0.4) is 0 Å². The summed E-state index contributed by atoms with van der Waals surface area (Å²) in [5.74, 6) is -0.319. The van der Waals surface area contributed by atoms with E-state index < -0.39 is 5.82 Å². The van der Waals surface area contributed by atoms with E-state index in [1.807, 2.05) is 19.1 Å². The number of quaternary nitrogens is 1. The number of halogens is 1. The van der Waals surface area contributed by atoms with E-state index in [1.165, 1.54) is 6.07 Å². The fourth-order valence-corrected chi connectivity index (χ4v) is 3.12. The first-order valence-corrected chi connectivity index (χ1v) is 8.45. The number of carbonyl (C=O) groups is 1. The summed E-state index contributed by atoms with van der Waals surface area (Å²) in [6.07, 6.45) is 0. The van der Waals surface area contributed by atoms with Gasteiger partial charge in [0.2, 0.25) is 0 Å². The molecule has 1 aliphatic heterocycles. The average Bonchev–Trinajstić information content (AvgIpc) is 2.59. The van der Waals surface area contributed by atoms with E-state index >= 15 is 0 Å². The molecule has 3 rings (SSSR count). The van der Waals surface area contributed by atoms with Gasteiger partial charge in [0, 0.05) is 0 Å². The lowest BCUT2D eigenvalue weighted by Crippen LogP contribution is -3.15. The number of hydrogen-bond donors (Lipinski definition) is 3. The van der Waals surface area contributed by atoms with Crippen molar-refractivity contribution in [2.24, 2.45) is 0 Å². The van der Waals surface area contributed by atoms with Crippen LogP contribution in [0.25, 0.3) is 0 Å². The van der Waals surface area contributed by atoms with Crippen molar-refractivity contribution < 1.29 is 19.2 Å². The Hall–Kier alpha value is -2.60. The number of aromatic hydroxyl groups is 1. The van der Waals surface area contributed by atoms with E-state index in [2.05, 4.69) is 10.2 Å². The third-order valence-electron chi connectivity index (χ3n) is 4.50. The van der Waals surface area contributed by atoms with Gasteiger partial charge in [-0.25, -0.2) is 4.39 Å². The largest absolute Gasteiger partial charge is 0.506 e. The molecule has 0 bridgehead atoms. The van der Waals surface area contributed by atoms with Crippen molar-refractivity contribution in [1.29, 1.82) is 0 Å². The van der Waals surface area contributed by atoms with Gasteiger partial charge in [-0.2, -0.15) is 0 Å². The summed E-state index contributed by atoms with van der Waals surface area (Å²) in [7, 11) is 0. The van der Waals surface area contributed by atoms with Crippen molar-refractivity contribution in [1.82, 2.24) is 0 Å². The van der Waals surface area contributed by atoms with Crippen LogP contribution in [-0.2, 0) is 4.79 Å². The van der Waals surface area contributed by atoms with Gasteiger partial charge < -0.3 is 20.2 Å². The Bertz CT molecular complexity index is 758. The first-order valence-electron chi connectivity index (χ1n) is 8.45. The summed E-state index contributed by atoms with van der Waals surface area (Å²) < 4.78 is 13.8. The van der Waals surface area contributed by atoms with Crippen molar-refractivity contribution in [2.75, 3.05) is 42.9 Å². The molecule has 1 saturated heterocycles. The number of carbonyl (C=O) groups excluding carboxylic acids is 1. The first kappa shape index (κ1) is 17.2. The van der Waals surface area contributed by atoms with Crippen LogP contribution in [-0.4, -0.2) is 43.7 Å². The fraction of sp³-hybridized carbons (Fsp3) is 0.316. The van der Waals surface area contributed by atoms with Crippen molar-refractivity contribution in [3.05, 3.63) is 53.8 Å². The van der Waals surface area contributed by atoms with Crippen molar-refractivity contribution >= 4 is 17.3 Å². The zero-order valence-electron chi connectivity index (χ0n) is 14.3. The van der Waals surface area contributed by atoms with Crippen molar-refractivity contribution in [3.63, 3.8) is 0 Å². The predicted molar refractivity (Wildman–Crippen MR) is 95.7 cm³/mol. The second-order valence-corrected chi connectivity index (χ2v) is 6.43. The number of phenols is 1. The highest BCUT2D eigenvalue weighted by Crippen LogP contribution is 2.25. The zero-order valence-corrected chi connectivity index (χ0v) is 14.3. The molecule has 0 aliphatic carbocycles. The maximum atomic E-state index is 13.8. The molecule has 25 heavy (non-hydrogen) atoms. The molecule has 1 heterocycles. The second kappa shape index (κ2) is 7.53. The molecule has 6 heteroatoms. The summed E-state index contributed by atoms with van der Waals surface area (Å²) in [5.41, 5.74) is 1.87. The molecule has 1 amide bonds. The molecule has 0 radical (unpaired) electrons. The SMILES string of the molecule is Cc1ccc(NC(=O)C[NH+]2CCN(c3ccccc3O)CC2)c(F)c1. The van der Waals surface area contributed by atoms with Crippen LogP contribution in [0.2, 0.25) is 0 Å². The molecule has 3 N–H and O–H groups in total. The number of aryl methyl sites for hydroxylation is 1. The minimum absolute atomic E-state index is 0.186. The maximum Gasteiger partial charge on any atom is 0.279 e. The number of amides is 1. The number of anilines is 2. The van der Waals surface area contributed by atoms with E-state index in [1.54, 1.807) is 24.3 Å². The molecule has 132 valence electrons. The summed E-state index contributed by atoms with van der Waals surface area (Å²) in [6, 6.07) is 12.1. The van der Waals surface area contributed by atoms with Gasteiger partial charge in [0.05, 0.1) is 37.6 Å². The summed E-state index contributed by atoms with van der Waals surface area (Å²) in [6.45, 7) is 5.22. The minimum atomic E-state index is -0.410. The van der Waals surface area contributed by atoms with Gasteiger partial charge in [-0.1, -0.05) is 18.2 Å². The fourth-order valence-electron chi connectivity index (χ4n) is 3.12. The monoisotopic (exact) mass is 344 g/mol. The highest BCUT2D eigenvalue weighted by Gasteiger charge is 2.23. The Morgan fingerprint density at radius 2 is 1.96 bits per heavy atom. The van der Waals surface area contributed by atoms with Gasteiger partial charge in [-0.05, 0) is 36.8 Å².